The molecular formula is C22H22N2O3S. The smallest absolute Gasteiger partial charge is 0.262 e. The van der Waals surface area contributed by atoms with Crippen molar-refractivity contribution in [1.82, 2.24) is 0 Å². The molecule has 0 saturated heterocycles. The zero-order valence-electron chi connectivity index (χ0n) is 16.0. The van der Waals surface area contributed by atoms with E-state index >= 15 is 0 Å². The van der Waals surface area contributed by atoms with Gasteiger partial charge < -0.3 is 4.90 Å². The van der Waals surface area contributed by atoms with Gasteiger partial charge in [0.15, 0.2) is 5.78 Å². The fourth-order valence-corrected chi connectivity index (χ4v) is 4.26. The number of ketones is 1. The number of carbonyl (C=O) groups excluding carboxylic acids is 1. The molecule has 0 saturated carbocycles. The van der Waals surface area contributed by atoms with E-state index in [1.807, 2.05) is 43.3 Å². The highest BCUT2D eigenvalue weighted by Gasteiger charge is 2.18. The van der Waals surface area contributed by atoms with Crippen LogP contribution in [-0.4, -0.2) is 28.3 Å². The molecule has 1 N–H and O–H groups in total. The predicted molar refractivity (Wildman–Crippen MR) is 115 cm³/mol. The monoisotopic (exact) mass is 394 g/mol. The highest BCUT2D eigenvalue weighted by atomic mass is 32.2. The molecule has 0 heterocycles. The second-order valence-electron chi connectivity index (χ2n) is 6.69. The summed E-state index contributed by atoms with van der Waals surface area (Å²) in [7, 11) is 0.0922. The highest BCUT2D eigenvalue weighted by molar-refractivity contribution is 7.93. The van der Waals surface area contributed by atoms with E-state index in [-0.39, 0.29) is 10.7 Å². The predicted octanol–water partition coefficient (Wildman–Crippen LogP) is 4.31. The molecule has 0 amide bonds. The maximum Gasteiger partial charge on any atom is 0.262 e. The summed E-state index contributed by atoms with van der Waals surface area (Å²) in [6.45, 7) is 1.48. The summed E-state index contributed by atoms with van der Waals surface area (Å²) in [4.78, 5) is 13.2. The molecule has 6 heteroatoms. The van der Waals surface area contributed by atoms with Crippen molar-refractivity contribution in [2.75, 3.05) is 23.7 Å². The van der Waals surface area contributed by atoms with Gasteiger partial charge in [-0.25, -0.2) is 8.42 Å². The van der Waals surface area contributed by atoms with Crippen LogP contribution in [0.2, 0.25) is 0 Å². The number of nitrogens with one attached hydrogen (secondary N) is 1. The Morgan fingerprint density at radius 3 is 2.21 bits per heavy atom. The number of rotatable bonds is 6. The first-order valence-corrected chi connectivity index (χ1v) is 10.3. The van der Waals surface area contributed by atoms with E-state index < -0.39 is 10.0 Å². The Kier molecular flexibility index (Phi) is 5.51. The topological polar surface area (TPSA) is 66.5 Å². The molecule has 0 spiro atoms. The van der Waals surface area contributed by atoms with E-state index in [1.54, 1.807) is 42.5 Å². The lowest BCUT2D eigenvalue weighted by Gasteiger charge is -2.17. The third kappa shape index (κ3) is 4.23. The van der Waals surface area contributed by atoms with Gasteiger partial charge in [-0.2, -0.15) is 0 Å². The maximum atomic E-state index is 13.0. The Morgan fingerprint density at radius 1 is 0.929 bits per heavy atom. The number of anilines is 2. The number of sulfonamides is 1. The van der Waals surface area contributed by atoms with E-state index in [1.165, 1.54) is 13.0 Å². The minimum absolute atomic E-state index is 0.0437. The van der Waals surface area contributed by atoms with E-state index in [4.69, 9.17) is 0 Å². The van der Waals surface area contributed by atoms with E-state index in [9.17, 15) is 13.2 Å². The van der Waals surface area contributed by atoms with Gasteiger partial charge in [-0.1, -0.05) is 42.5 Å². The lowest BCUT2D eigenvalue weighted by molar-refractivity contribution is -0.112. The summed E-state index contributed by atoms with van der Waals surface area (Å²) in [5.41, 5.74) is 2.23. The number of carbonyl (C=O) groups is 1. The summed E-state index contributed by atoms with van der Waals surface area (Å²) in [5, 5.41) is 1.54. The number of fused-ring (bicyclic) bond motifs is 1. The molecule has 3 aromatic rings. The van der Waals surface area contributed by atoms with Crippen LogP contribution >= 0.6 is 0 Å². The first-order chi connectivity index (χ1) is 13.3. The van der Waals surface area contributed by atoms with Gasteiger partial charge >= 0.3 is 0 Å². The molecule has 0 atom stereocenters. The van der Waals surface area contributed by atoms with Gasteiger partial charge in [0, 0.05) is 36.2 Å². The fraction of sp³-hybridized carbons (Fsp3) is 0.136. The molecule has 0 aliphatic heterocycles. The SMILES string of the molecule is CC(=O)/C=C/c1ccc(NS(=O)(=O)c2cccc3c(N(C)C)cccc23)cc1. The van der Waals surface area contributed by atoms with E-state index in [0.717, 1.165) is 16.6 Å². The number of hydrogen-bond acceptors (Lipinski definition) is 4. The van der Waals surface area contributed by atoms with Crippen molar-refractivity contribution < 1.29 is 13.2 Å². The second kappa shape index (κ2) is 7.86. The van der Waals surface area contributed by atoms with Gasteiger partial charge in [0.2, 0.25) is 0 Å². The molecule has 144 valence electrons. The molecule has 3 aromatic carbocycles. The quantitative estimate of drug-likeness (QED) is 0.633. The minimum Gasteiger partial charge on any atom is -0.377 e. The molecule has 5 nitrogen and oxygen atoms in total. The molecular weight excluding hydrogens is 372 g/mol. The summed E-state index contributed by atoms with van der Waals surface area (Å²) in [5.74, 6) is -0.0437. The zero-order valence-corrected chi connectivity index (χ0v) is 16.8. The normalized spacial score (nSPS) is 11.7. The molecule has 0 unspecified atom stereocenters. The number of allylic oxidation sites excluding steroid dienone is 1. The van der Waals surface area contributed by atoms with Crippen LogP contribution in [0, 0.1) is 0 Å². The second-order valence-corrected chi connectivity index (χ2v) is 8.35. The Bertz CT molecular complexity index is 1150. The number of nitrogens with zero attached hydrogens (tertiary/aromatic N) is 1. The maximum absolute atomic E-state index is 13.0. The van der Waals surface area contributed by atoms with Crippen LogP contribution in [0.1, 0.15) is 12.5 Å². The van der Waals surface area contributed by atoms with Gasteiger partial charge in [0.25, 0.3) is 10.0 Å². The average molecular weight is 394 g/mol. The first kappa shape index (κ1) is 19.6. The van der Waals surface area contributed by atoms with E-state index in [0.29, 0.717) is 11.1 Å². The van der Waals surface area contributed by atoms with Crippen molar-refractivity contribution >= 4 is 44.0 Å². The lowest BCUT2D eigenvalue weighted by atomic mass is 10.1. The van der Waals surface area contributed by atoms with Crippen LogP contribution in [-0.2, 0) is 14.8 Å². The van der Waals surface area contributed by atoms with Crippen LogP contribution in [0.25, 0.3) is 16.8 Å². The highest BCUT2D eigenvalue weighted by Crippen LogP contribution is 2.31. The van der Waals surface area contributed by atoms with Crippen LogP contribution in [0.4, 0.5) is 11.4 Å². The molecule has 0 fully saturated rings. The molecule has 0 radical (unpaired) electrons. The number of benzene rings is 3. The number of hydrogen-bond donors (Lipinski definition) is 1. The molecule has 0 aliphatic carbocycles. The van der Waals surface area contributed by atoms with Crippen molar-refractivity contribution in [3.63, 3.8) is 0 Å². The average Bonchev–Trinajstić information content (AvgIpc) is 2.66. The van der Waals surface area contributed by atoms with Crippen LogP contribution < -0.4 is 9.62 Å². The largest absolute Gasteiger partial charge is 0.377 e. The van der Waals surface area contributed by atoms with Crippen LogP contribution in [0.5, 0.6) is 0 Å². The summed E-state index contributed by atoms with van der Waals surface area (Å²) in [6, 6.07) is 17.8. The standard InChI is InChI=1S/C22H22N2O3S/c1-16(25)10-11-17-12-14-18(15-13-17)23-28(26,27)22-9-5-6-19-20(22)7-4-8-21(19)24(2)3/h4-15,23H,1-3H3/b11-10+. The summed E-state index contributed by atoms with van der Waals surface area (Å²) in [6.07, 6.45) is 3.16. The van der Waals surface area contributed by atoms with Crippen molar-refractivity contribution in [2.24, 2.45) is 0 Å². The third-order valence-electron chi connectivity index (χ3n) is 4.30. The molecule has 0 aliphatic rings. The van der Waals surface area contributed by atoms with Gasteiger partial charge in [0.1, 0.15) is 0 Å². The van der Waals surface area contributed by atoms with Crippen molar-refractivity contribution in [3.8, 4) is 0 Å². The Balaban J connectivity index is 1.96. The Labute approximate surface area is 165 Å². The van der Waals surface area contributed by atoms with Gasteiger partial charge in [-0.05, 0) is 42.8 Å². The van der Waals surface area contributed by atoms with Crippen molar-refractivity contribution in [3.05, 3.63) is 72.3 Å². The van der Waals surface area contributed by atoms with Crippen molar-refractivity contribution in [1.29, 1.82) is 0 Å². The van der Waals surface area contributed by atoms with Crippen molar-refractivity contribution in [2.45, 2.75) is 11.8 Å². The Morgan fingerprint density at radius 2 is 1.57 bits per heavy atom. The first-order valence-electron chi connectivity index (χ1n) is 8.78. The van der Waals surface area contributed by atoms with Gasteiger partial charge in [-0.3, -0.25) is 9.52 Å². The van der Waals surface area contributed by atoms with Crippen LogP contribution in [0.3, 0.4) is 0 Å². The van der Waals surface area contributed by atoms with Crippen LogP contribution in [0.15, 0.2) is 71.6 Å². The van der Waals surface area contributed by atoms with Gasteiger partial charge in [-0.15, -0.1) is 0 Å². The Hall–Kier alpha value is -3.12. The molecule has 0 bridgehead atoms. The summed E-state index contributed by atoms with van der Waals surface area (Å²) < 4.78 is 28.7. The lowest BCUT2D eigenvalue weighted by Crippen LogP contribution is -2.14. The minimum atomic E-state index is -3.76. The zero-order chi connectivity index (χ0) is 20.3. The molecule has 28 heavy (non-hydrogen) atoms. The van der Waals surface area contributed by atoms with Gasteiger partial charge in [0.05, 0.1) is 4.90 Å². The molecule has 0 aromatic heterocycles. The molecule has 3 rings (SSSR count). The van der Waals surface area contributed by atoms with E-state index in [2.05, 4.69) is 4.72 Å². The summed E-state index contributed by atoms with van der Waals surface area (Å²) >= 11 is 0. The fourth-order valence-electron chi connectivity index (χ4n) is 2.97. The third-order valence-corrected chi connectivity index (χ3v) is 5.74.